The molecule has 0 radical (unpaired) electrons. The number of halogens is 1. The first kappa shape index (κ1) is 15.1. The molecule has 6 heteroatoms. The lowest BCUT2D eigenvalue weighted by molar-refractivity contribution is -0.122. The van der Waals surface area contributed by atoms with Crippen LogP contribution >= 0.6 is 0 Å². The Morgan fingerprint density at radius 2 is 2.14 bits per heavy atom. The molecule has 2 aromatic rings. The second-order valence-corrected chi connectivity index (χ2v) is 4.74. The number of carbonyl (C=O) groups excluding carboxylic acids is 1. The Kier molecular flexibility index (Phi) is 5.34. The van der Waals surface area contributed by atoms with E-state index in [1.807, 2.05) is 11.9 Å². The van der Waals surface area contributed by atoms with Gasteiger partial charge in [0.05, 0.1) is 12.2 Å². The number of rotatable bonds is 6. The first-order valence-electron chi connectivity index (χ1n) is 6.58. The van der Waals surface area contributed by atoms with Crippen LogP contribution in [0, 0.1) is 5.82 Å². The predicted octanol–water partition coefficient (Wildman–Crippen LogP) is 1.36. The molecule has 1 amide bonds. The van der Waals surface area contributed by atoms with E-state index in [1.54, 1.807) is 30.5 Å². The van der Waals surface area contributed by atoms with Gasteiger partial charge in [0, 0.05) is 24.8 Å². The van der Waals surface area contributed by atoms with Crippen LogP contribution in [0.3, 0.4) is 0 Å². The molecule has 110 valence electrons. The van der Waals surface area contributed by atoms with Gasteiger partial charge < -0.3 is 5.32 Å². The van der Waals surface area contributed by atoms with E-state index < -0.39 is 0 Å². The lowest BCUT2D eigenvalue weighted by Gasteiger charge is -2.15. The van der Waals surface area contributed by atoms with Crippen LogP contribution in [0.1, 0.15) is 11.3 Å². The van der Waals surface area contributed by atoms with Gasteiger partial charge in [-0.3, -0.25) is 9.69 Å². The van der Waals surface area contributed by atoms with Gasteiger partial charge >= 0.3 is 0 Å². The molecule has 0 fully saturated rings. The van der Waals surface area contributed by atoms with Gasteiger partial charge in [-0.1, -0.05) is 18.2 Å². The Labute approximate surface area is 122 Å². The summed E-state index contributed by atoms with van der Waals surface area (Å²) in [7, 11) is 1.82. The number of carbonyl (C=O) groups is 1. The van der Waals surface area contributed by atoms with Crippen molar-refractivity contribution >= 4 is 5.91 Å². The first-order valence-corrected chi connectivity index (χ1v) is 6.58. The van der Waals surface area contributed by atoms with E-state index in [0.29, 0.717) is 12.1 Å². The van der Waals surface area contributed by atoms with Gasteiger partial charge in [0.2, 0.25) is 5.91 Å². The number of hydrogen-bond donors (Lipinski definition) is 1. The second kappa shape index (κ2) is 7.44. The minimum absolute atomic E-state index is 0.158. The van der Waals surface area contributed by atoms with Crippen molar-refractivity contribution in [2.45, 2.75) is 13.1 Å². The number of hydrogen-bond acceptors (Lipinski definition) is 4. The van der Waals surface area contributed by atoms with Gasteiger partial charge in [0.25, 0.3) is 0 Å². The van der Waals surface area contributed by atoms with Crippen molar-refractivity contribution in [3.05, 3.63) is 59.9 Å². The molecule has 1 heterocycles. The van der Waals surface area contributed by atoms with Crippen molar-refractivity contribution in [2.24, 2.45) is 0 Å². The summed E-state index contributed by atoms with van der Waals surface area (Å²) in [5.74, 6) is -0.470. The molecule has 1 aromatic carbocycles. The number of aromatic nitrogens is 2. The summed E-state index contributed by atoms with van der Waals surface area (Å²) in [4.78, 5) is 21.6. The van der Waals surface area contributed by atoms with Crippen LogP contribution in [0.2, 0.25) is 0 Å². The molecule has 0 aliphatic carbocycles. The maximum absolute atomic E-state index is 13.4. The van der Waals surface area contributed by atoms with Crippen molar-refractivity contribution < 1.29 is 9.18 Å². The zero-order chi connectivity index (χ0) is 15.1. The first-order chi connectivity index (χ1) is 10.1. The third-order valence-corrected chi connectivity index (χ3v) is 2.92. The Balaban J connectivity index is 1.78. The zero-order valence-electron chi connectivity index (χ0n) is 11.8. The molecule has 2 rings (SSSR count). The van der Waals surface area contributed by atoms with Crippen LogP contribution in [-0.2, 0) is 17.9 Å². The molecule has 1 N–H and O–H groups in total. The van der Waals surface area contributed by atoms with E-state index in [1.165, 1.54) is 12.4 Å². The Hall–Kier alpha value is -2.34. The van der Waals surface area contributed by atoms with Gasteiger partial charge in [0.15, 0.2) is 0 Å². The van der Waals surface area contributed by atoms with E-state index in [0.717, 1.165) is 5.69 Å². The SMILES string of the molecule is CN(CC(=O)NCc1ccccc1F)Cc1ccncn1. The zero-order valence-corrected chi connectivity index (χ0v) is 11.8. The van der Waals surface area contributed by atoms with Crippen LogP contribution in [0.4, 0.5) is 4.39 Å². The van der Waals surface area contributed by atoms with Gasteiger partial charge in [0.1, 0.15) is 12.1 Å². The summed E-state index contributed by atoms with van der Waals surface area (Å²) >= 11 is 0. The van der Waals surface area contributed by atoms with E-state index in [9.17, 15) is 9.18 Å². The summed E-state index contributed by atoms with van der Waals surface area (Å²) in [6.45, 7) is 0.959. The standard InChI is InChI=1S/C15H17FN4O/c1-20(9-13-6-7-17-11-19-13)10-15(21)18-8-12-4-2-3-5-14(12)16/h2-7,11H,8-10H2,1H3,(H,18,21). The third kappa shape index (κ3) is 4.92. The number of benzene rings is 1. The molecular weight excluding hydrogens is 271 g/mol. The molecule has 5 nitrogen and oxygen atoms in total. The van der Waals surface area contributed by atoms with Crippen LogP contribution in [0.15, 0.2) is 42.9 Å². The minimum Gasteiger partial charge on any atom is -0.351 e. The highest BCUT2D eigenvalue weighted by molar-refractivity contribution is 5.77. The summed E-state index contributed by atoms with van der Waals surface area (Å²) in [5, 5.41) is 2.70. The molecule has 21 heavy (non-hydrogen) atoms. The van der Waals surface area contributed by atoms with Crippen molar-refractivity contribution in [1.82, 2.24) is 20.2 Å². The lowest BCUT2D eigenvalue weighted by Crippen LogP contribution is -2.34. The Bertz CT molecular complexity index is 591. The van der Waals surface area contributed by atoms with Crippen LogP contribution in [0.5, 0.6) is 0 Å². The van der Waals surface area contributed by atoms with E-state index in [4.69, 9.17) is 0 Å². The quantitative estimate of drug-likeness (QED) is 0.872. The molecule has 0 spiro atoms. The van der Waals surface area contributed by atoms with Gasteiger partial charge in [-0.05, 0) is 19.2 Å². The molecule has 0 unspecified atom stereocenters. The fourth-order valence-corrected chi connectivity index (χ4v) is 1.88. The molecule has 0 aliphatic heterocycles. The summed E-state index contributed by atoms with van der Waals surface area (Å²) in [6, 6.07) is 8.19. The minimum atomic E-state index is -0.313. The summed E-state index contributed by atoms with van der Waals surface area (Å²) in [6.07, 6.45) is 3.13. The number of likely N-dealkylation sites (N-methyl/N-ethyl adjacent to an activating group) is 1. The van der Waals surface area contributed by atoms with Crippen molar-refractivity contribution in [3.63, 3.8) is 0 Å². The second-order valence-electron chi connectivity index (χ2n) is 4.74. The molecule has 0 aliphatic rings. The van der Waals surface area contributed by atoms with Gasteiger partial charge in [-0.25, -0.2) is 14.4 Å². The van der Waals surface area contributed by atoms with Gasteiger partial charge in [-0.2, -0.15) is 0 Å². The van der Waals surface area contributed by atoms with E-state index in [-0.39, 0.29) is 24.8 Å². The molecular formula is C15H17FN4O. The topological polar surface area (TPSA) is 58.1 Å². The number of amides is 1. The highest BCUT2D eigenvalue weighted by atomic mass is 19.1. The fraction of sp³-hybridized carbons (Fsp3) is 0.267. The fourth-order valence-electron chi connectivity index (χ4n) is 1.88. The third-order valence-electron chi connectivity index (χ3n) is 2.92. The molecule has 0 bridgehead atoms. The van der Waals surface area contributed by atoms with Crippen molar-refractivity contribution in [3.8, 4) is 0 Å². The molecule has 0 saturated carbocycles. The molecule has 0 atom stereocenters. The number of nitrogens with one attached hydrogen (secondary N) is 1. The maximum Gasteiger partial charge on any atom is 0.234 e. The van der Waals surface area contributed by atoms with Crippen LogP contribution in [0.25, 0.3) is 0 Å². The van der Waals surface area contributed by atoms with E-state index >= 15 is 0 Å². The average Bonchev–Trinajstić information content (AvgIpc) is 2.47. The smallest absolute Gasteiger partial charge is 0.234 e. The largest absolute Gasteiger partial charge is 0.351 e. The summed E-state index contributed by atoms with van der Waals surface area (Å²) < 4.78 is 13.4. The van der Waals surface area contributed by atoms with Crippen LogP contribution in [-0.4, -0.2) is 34.4 Å². The summed E-state index contributed by atoms with van der Waals surface area (Å²) in [5.41, 5.74) is 1.32. The molecule has 1 aromatic heterocycles. The monoisotopic (exact) mass is 288 g/mol. The normalized spacial score (nSPS) is 10.6. The van der Waals surface area contributed by atoms with Crippen molar-refractivity contribution in [2.75, 3.05) is 13.6 Å². The predicted molar refractivity (Wildman–Crippen MR) is 76.6 cm³/mol. The van der Waals surface area contributed by atoms with E-state index in [2.05, 4.69) is 15.3 Å². The Morgan fingerprint density at radius 1 is 1.33 bits per heavy atom. The maximum atomic E-state index is 13.4. The number of nitrogens with zero attached hydrogens (tertiary/aromatic N) is 3. The van der Waals surface area contributed by atoms with Crippen LogP contribution < -0.4 is 5.32 Å². The highest BCUT2D eigenvalue weighted by Crippen LogP contribution is 2.05. The molecule has 0 saturated heterocycles. The highest BCUT2D eigenvalue weighted by Gasteiger charge is 2.08. The van der Waals surface area contributed by atoms with Gasteiger partial charge in [-0.15, -0.1) is 0 Å². The average molecular weight is 288 g/mol. The van der Waals surface area contributed by atoms with Crippen molar-refractivity contribution in [1.29, 1.82) is 0 Å². The lowest BCUT2D eigenvalue weighted by atomic mass is 10.2. The Morgan fingerprint density at radius 3 is 2.86 bits per heavy atom.